The van der Waals surface area contributed by atoms with Crippen molar-refractivity contribution in [3.05, 3.63) is 0 Å². The van der Waals surface area contributed by atoms with Crippen molar-refractivity contribution >= 4 is 23.6 Å². The van der Waals surface area contributed by atoms with Crippen LogP contribution in [0.1, 0.15) is 26.7 Å². The number of amides is 1. The van der Waals surface area contributed by atoms with Crippen LogP contribution >= 0.6 is 11.8 Å². The Bertz CT molecular complexity index is 220. The first kappa shape index (κ1) is 13.3. The van der Waals surface area contributed by atoms with Gasteiger partial charge in [0.1, 0.15) is 5.54 Å². The zero-order valence-corrected chi connectivity index (χ0v) is 9.61. The molecule has 0 rings (SSSR count). The molecule has 4 nitrogen and oxygen atoms in total. The van der Waals surface area contributed by atoms with Gasteiger partial charge in [0, 0.05) is 12.2 Å². The van der Waals surface area contributed by atoms with Gasteiger partial charge in [0.05, 0.1) is 0 Å². The van der Waals surface area contributed by atoms with E-state index in [-0.39, 0.29) is 5.91 Å². The first-order valence-corrected chi connectivity index (χ1v) is 5.89. The second-order valence-electron chi connectivity index (χ2n) is 3.28. The van der Waals surface area contributed by atoms with Crippen LogP contribution in [0.3, 0.4) is 0 Å². The molecule has 0 aromatic carbocycles. The Morgan fingerprint density at radius 2 is 2.07 bits per heavy atom. The summed E-state index contributed by atoms with van der Waals surface area (Å²) in [5.74, 6) is -0.478. The van der Waals surface area contributed by atoms with Crippen molar-refractivity contribution in [3.63, 3.8) is 0 Å². The van der Waals surface area contributed by atoms with Gasteiger partial charge in [0.15, 0.2) is 0 Å². The minimum Gasteiger partial charge on any atom is -0.480 e. The van der Waals surface area contributed by atoms with Gasteiger partial charge in [-0.3, -0.25) is 4.79 Å². The number of carbonyl (C=O) groups is 2. The monoisotopic (exact) mass is 219 g/mol. The lowest BCUT2D eigenvalue weighted by molar-refractivity contribution is -0.146. The average molecular weight is 219 g/mol. The van der Waals surface area contributed by atoms with Crippen molar-refractivity contribution in [2.24, 2.45) is 0 Å². The molecule has 82 valence electrons. The van der Waals surface area contributed by atoms with Crippen LogP contribution in [0.4, 0.5) is 0 Å². The summed E-state index contributed by atoms with van der Waals surface area (Å²) in [4.78, 5) is 22.1. The van der Waals surface area contributed by atoms with Gasteiger partial charge in [-0.25, -0.2) is 4.79 Å². The Labute approximate surface area is 88.4 Å². The third kappa shape index (κ3) is 4.00. The molecular weight excluding hydrogens is 202 g/mol. The molecule has 0 aromatic heterocycles. The van der Waals surface area contributed by atoms with E-state index in [1.807, 2.05) is 6.26 Å². The second kappa shape index (κ2) is 5.90. The first-order valence-electron chi connectivity index (χ1n) is 4.49. The highest BCUT2D eigenvalue weighted by atomic mass is 32.2. The summed E-state index contributed by atoms with van der Waals surface area (Å²) in [6, 6.07) is 0. The van der Waals surface area contributed by atoms with Gasteiger partial charge >= 0.3 is 5.97 Å². The molecule has 0 aliphatic heterocycles. The number of carboxylic acid groups (broad SMARTS) is 1. The molecule has 1 unspecified atom stereocenters. The van der Waals surface area contributed by atoms with Crippen LogP contribution in [0.25, 0.3) is 0 Å². The standard InChI is InChI=1S/C9H17NO3S/c1-4-9(2,8(12)13)10-7(11)5-6-14-3/h4-6H2,1-3H3,(H,10,11)(H,12,13). The molecule has 5 heteroatoms. The fourth-order valence-corrected chi connectivity index (χ4v) is 1.25. The van der Waals surface area contributed by atoms with E-state index in [2.05, 4.69) is 5.32 Å². The van der Waals surface area contributed by atoms with Crippen LogP contribution in [0.5, 0.6) is 0 Å². The molecule has 0 heterocycles. The van der Waals surface area contributed by atoms with E-state index in [0.717, 1.165) is 0 Å². The quantitative estimate of drug-likeness (QED) is 0.702. The maximum Gasteiger partial charge on any atom is 0.329 e. The van der Waals surface area contributed by atoms with Gasteiger partial charge in [-0.15, -0.1) is 0 Å². The molecule has 1 atom stereocenters. The van der Waals surface area contributed by atoms with Gasteiger partial charge in [0.2, 0.25) is 5.91 Å². The van der Waals surface area contributed by atoms with Crippen molar-refractivity contribution in [2.75, 3.05) is 12.0 Å². The van der Waals surface area contributed by atoms with Crippen LogP contribution in [-0.4, -0.2) is 34.5 Å². The summed E-state index contributed by atoms with van der Waals surface area (Å²) in [6.07, 6.45) is 2.65. The molecule has 0 aromatic rings. The maximum atomic E-state index is 11.3. The number of carbonyl (C=O) groups excluding carboxylic acids is 1. The fraction of sp³-hybridized carbons (Fsp3) is 0.778. The number of carboxylic acids is 1. The lowest BCUT2D eigenvalue weighted by atomic mass is 9.99. The SMILES string of the molecule is CCC(C)(NC(=O)CCSC)C(=O)O. The van der Waals surface area contributed by atoms with Crippen LogP contribution in [0.15, 0.2) is 0 Å². The van der Waals surface area contributed by atoms with E-state index < -0.39 is 11.5 Å². The zero-order valence-electron chi connectivity index (χ0n) is 8.79. The fourth-order valence-electron chi connectivity index (χ4n) is 0.858. The summed E-state index contributed by atoms with van der Waals surface area (Å²) in [6.45, 7) is 3.26. The summed E-state index contributed by atoms with van der Waals surface area (Å²) < 4.78 is 0. The van der Waals surface area contributed by atoms with Gasteiger partial charge in [0.25, 0.3) is 0 Å². The van der Waals surface area contributed by atoms with Crippen molar-refractivity contribution in [1.82, 2.24) is 5.32 Å². The zero-order chi connectivity index (χ0) is 11.2. The topological polar surface area (TPSA) is 66.4 Å². The van der Waals surface area contributed by atoms with Crippen LogP contribution in [0, 0.1) is 0 Å². The van der Waals surface area contributed by atoms with E-state index in [0.29, 0.717) is 18.6 Å². The van der Waals surface area contributed by atoms with E-state index in [1.54, 1.807) is 18.7 Å². The molecule has 0 aliphatic carbocycles. The number of rotatable bonds is 6. The number of hydrogen-bond acceptors (Lipinski definition) is 3. The van der Waals surface area contributed by atoms with E-state index >= 15 is 0 Å². The smallest absolute Gasteiger partial charge is 0.329 e. The number of nitrogens with one attached hydrogen (secondary N) is 1. The molecule has 0 aliphatic rings. The molecule has 0 bridgehead atoms. The third-order valence-corrected chi connectivity index (χ3v) is 2.74. The number of hydrogen-bond donors (Lipinski definition) is 2. The lowest BCUT2D eigenvalue weighted by Crippen LogP contribution is -2.51. The predicted octanol–water partition coefficient (Wildman–Crippen LogP) is 1.11. The minimum atomic E-state index is -1.13. The molecule has 2 N–H and O–H groups in total. The van der Waals surface area contributed by atoms with Crippen LogP contribution in [-0.2, 0) is 9.59 Å². The van der Waals surface area contributed by atoms with E-state index in [9.17, 15) is 9.59 Å². The van der Waals surface area contributed by atoms with Gasteiger partial charge in [-0.1, -0.05) is 6.92 Å². The Morgan fingerprint density at radius 1 is 1.50 bits per heavy atom. The highest BCUT2D eigenvalue weighted by Crippen LogP contribution is 2.09. The van der Waals surface area contributed by atoms with Gasteiger partial charge < -0.3 is 10.4 Å². The van der Waals surface area contributed by atoms with Gasteiger partial charge in [-0.05, 0) is 19.6 Å². The first-order chi connectivity index (χ1) is 6.46. The number of aliphatic carboxylic acids is 1. The van der Waals surface area contributed by atoms with Crippen LogP contribution < -0.4 is 5.32 Å². The van der Waals surface area contributed by atoms with Crippen LogP contribution in [0.2, 0.25) is 0 Å². The normalized spacial score (nSPS) is 14.5. The lowest BCUT2D eigenvalue weighted by Gasteiger charge is -2.24. The summed E-state index contributed by atoms with van der Waals surface area (Å²) in [5.41, 5.74) is -1.13. The molecule has 1 amide bonds. The largest absolute Gasteiger partial charge is 0.480 e. The molecule has 0 fully saturated rings. The highest BCUT2D eigenvalue weighted by molar-refractivity contribution is 7.98. The van der Waals surface area contributed by atoms with Crippen molar-refractivity contribution in [1.29, 1.82) is 0 Å². The summed E-state index contributed by atoms with van der Waals surface area (Å²) in [7, 11) is 0. The van der Waals surface area contributed by atoms with E-state index in [4.69, 9.17) is 5.11 Å². The van der Waals surface area contributed by atoms with Crippen molar-refractivity contribution in [3.8, 4) is 0 Å². The molecule has 0 spiro atoms. The second-order valence-corrected chi connectivity index (χ2v) is 4.27. The summed E-state index contributed by atoms with van der Waals surface area (Å²) >= 11 is 1.56. The predicted molar refractivity (Wildman–Crippen MR) is 57.5 cm³/mol. The Balaban J connectivity index is 4.18. The van der Waals surface area contributed by atoms with Crippen molar-refractivity contribution < 1.29 is 14.7 Å². The van der Waals surface area contributed by atoms with Gasteiger partial charge in [-0.2, -0.15) is 11.8 Å². The minimum absolute atomic E-state index is 0.203. The molecular formula is C9H17NO3S. The summed E-state index contributed by atoms with van der Waals surface area (Å²) in [5, 5.41) is 11.4. The molecule has 0 saturated carbocycles. The van der Waals surface area contributed by atoms with Crippen molar-refractivity contribution in [2.45, 2.75) is 32.2 Å². The highest BCUT2D eigenvalue weighted by Gasteiger charge is 2.32. The Hall–Kier alpha value is -0.710. The molecule has 0 radical (unpaired) electrons. The Morgan fingerprint density at radius 3 is 2.43 bits per heavy atom. The number of thioether (sulfide) groups is 1. The third-order valence-electron chi connectivity index (χ3n) is 2.13. The Kier molecular flexibility index (Phi) is 5.60. The molecule has 0 saturated heterocycles. The molecule has 14 heavy (non-hydrogen) atoms. The average Bonchev–Trinajstić information content (AvgIpc) is 2.14. The van der Waals surface area contributed by atoms with E-state index in [1.165, 1.54) is 6.92 Å². The maximum absolute atomic E-state index is 11.3.